The third-order valence-electron chi connectivity index (χ3n) is 5.62. The zero-order valence-electron chi connectivity index (χ0n) is 17.2. The van der Waals surface area contributed by atoms with Gasteiger partial charge in [0.2, 0.25) is 0 Å². The maximum absolute atomic E-state index is 14.1. The summed E-state index contributed by atoms with van der Waals surface area (Å²) >= 11 is 0. The van der Waals surface area contributed by atoms with Crippen LogP contribution >= 0.6 is 0 Å². The van der Waals surface area contributed by atoms with Gasteiger partial charge in [0.05, 0.1) is 24.7 Å². The number of carbonyl (C=O) groups excluding carboxylic acids is 1. The van der Waals surface area contributed by atoms with Gasteiger partial charge >= 0.3 is 0 Å². The monoisotopic (exact) mass is 413 g/mol. The number of amides is 1. The molecular weight excluding hydrogens is 393 g/mol. The minimum Gasteiger partial charge on any atom is -0.497 e. The lowest BCUT2D eigenvalue weighted by Gasteiger charge is -2.31. The molecule has 1 aliphatic heterocycles. The molecule has 0 aliphatic carbocycles. The summed E-state index contributed by atoms with van der Waals surface area (Å²) < 4.78 is 21.4. The third-order valence-corrected chi connectivity index (χ3v) is 5.62. The molecule has 0 saturated carbocycles. The Morgan fingerprint density at radius 3 is 2.58 bits per heavy atom. The number of aromatic nitrogens is 2. The van der Waals surface area contributed by atoms with Crippen molar-refractivity contribution in [3.05, 3.63) is 89.9 Å². The summed E-state index contributed by atoms with van der Waals surface area (Å²) in [5.74, 6) is 0.863. The first-order valence-corrected chi connectivity index (χ1v) is 9.94. The molecule has 1 aliphatic rings. The van der Waals surface area contributed by atoms with Crippen LogP contribution in [0, 0.1) is 12.7 Å². The molecule has 0 spiro atoms. The van der Waals surface area contributed by atoms with Crippen molar-refractivity contribution in [3.8, 4) is 28.4 Å². The molecule has 5 nitrogen and oxygen atoms in total. The van der Waals surface area contributed by atoms with Gasteiger partial charge in [-0.1, -0.05) is 24.3 Å². The van der Waals surface area contributed by atoms with Crippen LogP contribution in [-0.2, 0) is 6.67 Å². The van der Waals surface area contributed by atoms with Crippen LogP contribution in [0.25, 0.3) is 22.6 Å². The van der Waals surface area contributed by atoms with Gasteiger partial charge in [0.15, 0.2) is 0 Å². The number of ether oxygens (including phenoxy) is 1. The molecule has 154 valence electrons. The molecule has 0 unspecified atom stereocenters. The van der Waals surface area contributed by atoms with E-state index in [9.17, 15) is 9.18 Å². The molecule has 3 aromatic carbocycles. The molecule has 0 saturated heterocycles. The van der Waals surface area contributed by atoms with Crippen LogP contribution in [0.4, 0.5) is 10.1 Å². The molecule has 4 aromatic rings. The van der Waals surface area contributed by atoms with Gasteiger partial charge in [-0.3, -0.25) is 9.69 Å². The minimum absolute atomic E-state index is 0.258. The Morgan fingerprint density at radius 1 is 1.06 bits per heavy atom. The number of benzene rings is 3. The fourth-order valence-electron chi connectivity index (χ4n) is 3.90. The standard InChI is InChI=1S/C25H20FN3O2/c1-16-7-8-18(13-21(16)26)25(30)29-15-28-23(20-5-3-4-6-22(20)29)14-27-24(28)17-9-11-19(31-2)12-10-17/h3-14H,15H2,1-2H3. The van der Waals surface area contributed by atoms with Crippen LogP contribution in [0.15, 0.2) is 72.9 Å². The minimum atomic E-state index is -0.390. The molecule has 5 rings (SSSR count). The summed E-state index contributed by atoms with van der Waals surface area (Å²) in [6, 6.07) is 19.9. The first-order chi connectivity index (χ1) is 15.1. The first kappa shape index (κ1) is 19.1. The predicted octanol–water partition coefficient (Wildman–Crippen LogP) is 5.29. The summed E-state index contributed by atoms with van der Waals surface area (Å²) in [5.41, 5.74) is 4.35. The van der Waals surface area contributed by atoms with E-state index in [-0.39, 0.29) is 12.6 Å². The number of aryl methyl sites for hydroxylation is 1. The Bertz CT molecular complexity index is 1290. The number of carbonyl (C=O) groups is 1. The highest BCUT2D eigenvalue weighted by molar-refractivity contribution is 6.08. The van der Waals surface area contributed by atoms with E-state index in [0.29, 0.717) is 11.1 Å². The lowest BCUT2D eigenvalue weighted by molar-refractivity contribution is 0.0978. The number of fused-ring (bicyclic) bond motifs is 3. The summed E-state index contributed by atoms with van der Waals surface area (Å²) in [6.45, 7) is 1.96. The van der Waals surface area contributed by atoms with Gasteiger partial charge in [-0.2, -0.15) is 0 Å². The number of nitrogens with zero attached hydrogens (tertiary/aromatic N) is 3. The van der Waals surface area contributed by atoms with Crippen molar-refractivity contribution in [2.75, 3.05) is 12.0 Å². The number of hydrogen-bond acceptors (Lipinski definition) is 3. The van der Waals surface area contributed by atoms with Gasteiger partial charge in [-0.05, 0) is 55.0 Å². The number of anilines is 1. The van der Waals surface area contributed by atoms with E-state index in [1.807, 2.05) is 59.3 Å². The lowest BCUT2D eigenvalue weighted by atomic mass is 10.0. The van der Waals surface area contributed by atoms with Gasteiger partial charge < -0.3 is 9.30 Å². The number of hydrogen-bond donors (Lipinski definition) is 0. The molecule has 0 N–H and O–H groups in total. The molecule has 6 heteroatoms. The molecule has 2 heterocycles. The average molecular weight is 413 g/mol. The SMILES string of the molecule is COc1ccc(-c2ncc3n2CN(C(=O)c2ccc(C)c(F)c2)c2ccccc2-3)cc1. The summed E-state index contributed by atoms with van der Waals surface area (Å²) in [7, 11) is 1.63. The van der Waals surface area contributed by atoms with Crippen LogP contribution in [0.1, 0.15) is 15.9 Å². The second kappa shape index (κ2) is 7.40. The van der Waals surface area contributed by atoms with Gasteiger partial charge in [-0.25, -0.2) is 9.37 Å². The molecule has 0 radical (unpaired) electrons. The predicted molar refractivity (Wildman–Crippen MR) is 118 cm³/mol. The van der Waals surface area contributed by atoms with Gasteiger partial charge in [-0.15, -0.1) is 0 Å². The Morgan fingerprint density at radius 2 is 1.84 bits per heavy atom. The zero-order valence-corrected chi connectivity index (χ0v) is 17.2. The maximum atomic E-state index is 14.1. The summed E-state index contributed by atoms with van der Waals surface area (Å²) in [4.78, 5) is 19.7. The quantitative estimate of drug-likeness (QED) is 0.458. The summed E-state index contributed by atoms with van der Waals surface area (Å²) in [5, 5.41) is 0. The fourth-order valence-corrected chi connectivity index (χ4v) is 3.90. The summed E-state index contributed by atoms with van der Waals surface area (Å²) in [6.07, 6.45) is 1.83. The van der Waals surface area contributed by atoms with Crippen molar-refractivity contribution in [1.29, 1.82) is 0 Å². The van der Waals surface area contributed by atoms with Crippen molar-refractivity contribution < 1.29 is 13.9 Å². The number of para-hydroxylation sites is 1. The van der Waals surface area contributed by atoms with E-state index < -0.39 is 5.82 Å². The van der Waals surface area contributed by atoms with Gasteiger partial charge in [0.1, 0.15) is 24.1 Å². The van der Waals surface area contributed by atoms with E-state index in [1.54, 1.807) is 31.1 Å². The molecule has 1 amide bonds. The van der Waals surface area contributed by atoms with E-state index >= 15 is 0 Å². The van der Waals surface area contributed by atoms with Crippen molar-refractivity contribution in [3.63, 3.8) is 0 Å². The lowest BCUT2D eigenvalue weighted by Crippen LogP contribution is -2.36. The Balaban J connectivity index is 1.61. The van der Waals surface area contributed by atoms with E-state index in [0.717, 1.165) is 34.1 Å². The topological polar surface area (TPSA) is 47.4 Å². The van der Waals surface area contributed by atoms with Crippen molar-refractivity contribution in [1.82, 2.24) is 9.55 Å². The van der Waals surface area contributed by atoms with E-state index in [1.165, 1.54) is 6.07 Å². The van der Waals surface area contributed by atoms with Crippen molar-refractivity contribution in [2.45, 2.75) is 13.6 Å². The third kappa shape index (κ3) is 3.17. The maximum Gasteiger partial charge on any atom is 0.259 e. The number of imidazole rings is 1. The molecule has 0 fully saturated rings. The van der Waals surface area contributed by atoms with Crippen LogP contribution < -0.4 is 9.64 Å². The van der Waals surface area contributed by atoms with Crippen molar-refractivity contribution in [2.24, 2.45) is 0 Å². The van der Waals surface area contributed by atoms with Gasteiger partial charge in [0.25, 0.3) is 5.91 Å². The molecule has 0 bridgehead atoms. The highest BCUT2D eigenvalue weighted by Crippen LogP contribution is 2.39. The van der Waals surface area contributed by atoms with Crippen LogP contribution in [0.2, 0.25) is 0 Å². The largest absolute Gasteiger partial charge is 0.497 e. The Labute approximate surface area is 179 Å². The average Bonchev–Trinajstić information content (AvgIpc) is 3.24. The van der Waals surface area contributed by atoms with Crippen molar-refractivity contribution >= 4 is 11.6 Å². The molecule has 31 heavy (non-hydrogen) atoms. The number of halogens is 1. The molecule has 1 aromatic heterocycles. The van der Waals surface area contributed by atoms with Crippen LogP contribution in [-0.4, -0.2) is 22.6 Å². The Kier molecular flexibility index (Phi) is 4.55. The molecule has 0 atom stereocenters. The second-order valence-electron chi connectivity index (χ2n) is 7.48. The fraction of sp³-hybridized carbons (Fsp3) is 0.120. The second-order valence-corrected chi connectivity index (χ2v) is 7.48. The Hall–Kier alpha value is -3.93. The first-order valence-electron chi connectivity index (χ1n) is 9.94. The van der Waals surface area contributed by atoms with Crippen LogP contribution in [0.5, 0.6) is 5.75 Å². The van der Waals surface area contributed by atoms with E-state index in [2.05, 4.69) is 4.98 Å². The van der Waals surface area contributed by atoms with Gasteiger partial charge in [0, 0.05) is 16.7 Å². The van der Waals surface area contributed by atoms with Crippen LogP contribution in [0.3, 0.4) is 0 Å². The normalized spacial score (nSPS) is 12.3. The number of methoxy groups -OCH3 is 1. The smallest absolute Gasteiger partial charge is 0.259 e. The molecular formula is C25H20FN3O2. The highest BCUT2D eigenvalue weighted by atomic mass is 19.1. The number of rotatable bonds is 3. The zero-order chi connectivity index (χ0) is 21.5. The van der Waals surface area contributed by atoms with E-state index in [4.69, 9.17) is 4.74 Å². The highest BCUT2D eigenvalue weighted by Gasteiger charge is 2.29.